The van der Waals surface area contributed by atoms with Crippen LogP contribution in [-0.4, -0.2) is 29.8 Å². The number of nitrogens with one attached hydrogen (secondary N) is 2. The maximum atomic E-state index is 11.9. The van der Waals surface area contributed by atoms with Crippen molar-refractivity contribution in [3.05, 3.63) is 55.9 Å². The van der Waals surface area contributed by atoms with E-state index in [1.54, 1.807) is 12.1 Å². The van der Waals surface area contributed by atoms with Crippen LogP contribution in [0, 0.1) is 0 Å². The molecule has 1 heterocycles. The fraction of sp³-hybridized carbons (Fsp3) is 0.214. The molecule has 0 fully saturated rings. The summed E-state index contributed by atoms with van der Waals surface area (Å²) in [6.45, 7) is 0.340. The average molecular weight is 342 g/mol. The van der Waals surface area contributed by atoms with Crippen molar-refractivity contribution in [1.29, 1.82) is 0 Å². The van der Waals surface area contributed by atoms with Crippen molar-refractivity contribution in [2.45, 2.75) is 6.42 Å². The van der Waals surface area contributed by atoms with Crippen LogP contribution in [0.25, 0.3) is 0 Å². The minimum Gasteiger partial charge on any atom is -0.495 e. The van der Waals surface area contributed by atoms with Gasteiger partial charge >= 0.3 is 0 Å². The van der Waals surface area contributed by atoms with Gasteiger partial charge < -0.3 is 10.1 Å². The summed E-state index contributed by atoms with van der Waals surface area (Å²) >= 11 is 12.0. The van der Waals surface area contributed by atoms with Crippen molar-refractivity contribution in [3.8, 4) is 5.75 Å². The molecule has 0 spiro atoms. The van der Waals surface area contributed by atoms with Crippen LogP contribution in [0.5, 0.6) is 5.75 Å². The number of ether oxygens (including phenoxy) is 1. The maximum Gasteiger partial charge on any atom is 0.271 e. The van der Waals surface area contributed by atoms with Gasteiger partial charge in [-0.15, -0.1) is 0 Å². The summed E-state index contributed by atoms with van der Waals surface area (Å²) in [5.74, 6) is 0.144. The van der Waals surface area contributed by atoms with Crippen molar-refractivity contribution in [1.82, 2.24) is 15.5 Å². The number of hydrogen-bond donors (Lipinski definition) is 2. The molecule has 2 N–H and O–H groups in total. The van der Waals surface area contributed by atoms with Gasteiger partial charge in [0.1, 0.15) is 11.4 Å². The summed E-state index contributed by atoms with van der Waals surface area (Å²) in [6.07, 6.45) is 0.485. The minimum atomic E-state index is -0.386. The highest BCUT2D eigenvalue weighted by Crippen LogP contribution is 2.32. The van der Waals surface area contributed by atoms with Gasteiger partial charge in [0.25, 0.3) is 11.5 Å². The van der Waals surface area contributed by atoms with E-state index in [9.17, 15) is 9.59 Å². The van der Waals surface area contributed by atoms with Crippen molar-refractivity contribution < 1.29 is 9.53 Å². The number of aromatic amines is 1. The molecular weight excluding hydrogens is 329 g/mol. The molecule has 8 heteroatoms. The molecule has 1 aromatic carbocycles. The van der Waals surface area contributed by atoms with Crippen LogP contribution in [0.2, 0.25) is 10.0 Å². The SMILES string of the molecule is COc1c(Cl)cc(Cl)cc1CCNC(=O)c1ccc(=O)[nH]n1. The number of methoxy groups -OCH3 is 1. The van der Waals surface area contributed by atoms with E-state index in [0.717, 1.165) is 5.56 Å². The quantitative estimate of drug-likeness (QED) is 0.871. The standard InChI is InChI=1S/C14H13Cl2N3O3/c1-22-13-8(6-9(15)7-10(13)16)4-5-17-14(21)11-2-3-12(20)19-18-11/h2-3,6-7H,4-5H2,1H3,(H,17,21)(H,19,20). The van der Waals surface area contributed by atoms with E-state index in [1.165, 1.54) is 19.2 Å². The van der Waals surface area contributed by atoms with E-state index in [-0.39, 0.29) is 17.2 Å². The van der Waals surface area contributed by atoms with Gasteiger partial charge in [0, 0.05) is 17.6 Å². The van der Waals surface area contributed by atoms with E-state index < -0.39 is 0 Å². The Labute approximate surface area is 136 Å². The second-order valence-corrected chi connectivity index (χ2v) is 5.24. The number of carbonyl (C=O) groups excluding carboxylic acids is 1. The molecule has 1 aromatic heterocycles. The summed E-state index contributed by atoms with van der Waals surface area (Å²) in [5.41, 5.74) is 0.556. The number of rotatable bonds is 5. The van der Waals surface area contributed by atoms with Crippen molar-refractivity contribution >= 4 is 29.1 Å². The number of nitrogens with zero attached hydrogens (tertiary/aromatic N) is 1. The summed E-state index contributed by atoms with van der Waals surface area (Å²) in [6, 6.07) is 5.91. The van der Waals surface area contributed by atoms with Gasteiger partial charge in [-0.1, -0.05) is 23.2 Å². The van der Waals surface area contributed by atoms with Gasteiger partial charge in [0.2, 0.25) is 0 Å². The molecule has 0 unspecified atom stereocenters. The highest BCUT2D eigenvalue weighted by atomic mass is 35.5. The zero-order valence-corrected chi connectivity index (χ0v) is 13.2. The molecule has 116 valence electrons. The molecule has 2 aromatic rings. The van der Waals surface area contributed by atoms with Gasteiger partial charge in [0.15, 0.2) is 0 Å². The van der Waals surface area contributed by atoms with E-state index in [0.29, 0.717) is 28.8 Å². The average Bonchev–Trinajstić information content (AvgIpc) is 2.47. The van der Waals surface area contributed by atoms with Crippen LogP contribution in [0.4, 0.5) is 0 Å². The Bertz CT molecular complexity index is 726. The molecule has 2 rings (SSSR count). The van der Waals surface area contributed by atoms with Crippen LogP contribution >= 0.6 is 23.2 Å². The minimum absolute atomic E-state index is 0.135. The first-order valence-electron chi connectivity index (χ1n) is 6.37. The molecule has 6 nitrogen and oxygen atoms in total. The zero-order chi connectivity index (χ0) is 16.1. The third-order valence-corrected chi connectivity index (χ3v) is 3.38. The van der Waals surface area contributed by atoms with Crippen LogP contribution in [-0.2, 0) is 6.42 Å². The lowest BCUT2D eigenvalue weighted by molar-refractivity contribution is 0.0948. The monoisotopic (exact) mass is 341 g/mol. The molecule has 0 radical (unpaired) electrons. The molecule has 0 aliphatic heterocycles. The van der Waals surface area contributed by atoms with Crippen molar-refractivity contribution in [2.75, 3.05) is 13.7 Å². The Kier molecular flexibility index (Phi) is 5.41. The number of aromatic nitrogens is 2. The summed E-state index contributed by atoms with van der Waals surface area (Å²) in [7, 11) is 1.52. The fourth-order valence-electron chi connectivity index (χ4n) is 1.90. The van der Waals surface area contributed by atoms with Crippen molar-refractivity contribution in [2.24, 2.45) is 0 Å². The molecule has 0 saturated carbocycles. The van der Waals surface area contributed by atoms with Crippen LogP contribution in [0.1, 0.15) is 16.1 Å². The Morgan fingerprint density at radius 1 is 1.36 bits per heavy atom. The summed E-state index contributed by atoms with van der Waals surface area (Å²) in [5, 5.41) is 9.45. The number of benzene rings is 1. The number of carbonyl (C=O) groups is 1. The van der Waals surface area contributed by atoms with Gasteiger partial charge in [-0.3, -0.25) is 9.59 Å². The third kappa shape index (κ3) is 3.99. The number of amides is 1. The highest BCUT2D eigenvalue weighted by Gasteiger charge is 2.11. The molecule has 0 aliphatic rings. The predicted octanol–water partition coefficient (Wildman–Crippen LogP) is 2.06. The Morgan fingerprint density at radius 2 is 2.14 bits per heavy atom. The lowest BCUT2D eigenvalue weighted by Gasteiger charge is -2.11. The lowest BCUT2D eigenvalue weighted by Crippen LogP contribution is -2.27. The Morgan fingerprint density at radius 3 is 2.77 bits per heavy atom. The van der Waals surface area contributed by atoms with Crippen LogP contribution in [0.15, 0.2) is 29.1 Å². The van der Waals surface area contributed by atoms with E-state index in [2.05, 4.69) is 15.5 Å². The molecule has 0 atom stereocenters. The number of H-pyrrole nitrogens is 1. The first-order chi connectivity index (χ1) is 10.5. The Balaban J connectivity index is 2.00. The summed E-state index contributed by atoms with van der Waals surface area (Å²) in [4.78, 5) is 22.7. The first-order valence-corrected chi connectivity index (χ1v) is 7.12. The second-order valence-electron chi connectivity index (χ2n) is 4.39. The zero-order valence-electron chi connectivity index (χ0n) is 11.7. The Hall–Kier alpha value is -2.05. The first kappa shape index (κ1) is 16.3. The largest absolute Gasteiger partial charge is 0.495 e. The van der Waals surface area contributed by atoms with Crippen molar-refractivity contribution in [3.63, 3.8) is 0 Å². The molecule has 0 saturated heterocycles. The number of hydrogen-bond acceptors (Lipinski definition) is 4. The molecule has 0 aliphatic carbocycles. The fourth-order valence-corrected chi connectivity index (χ4v) is 2.51. The van der Waals surface area contributed by atoms with Gasteiger partial charge in [-0.25, -0.2) is 5.10 Å². The normalized spacial score (nSPS) is 10.3. The topological polar surface area (TPSA) is 84.1 Å². The van der Waals surface area contributed by atoms with Gasteiger partial charge in [0.05, 0.1) is 12.1 Å². The molecular formula is C14H13Cl2N3O3. The molecule has 0 bridgehead atoms. The smallest absolute Gasteiger partial charge is 0.271 e. The highest BCUT2D eigenvalue weighted by molar-refractivity contribution is 6.35. The number of halogens is 2. The third-order valence-electron chi connectivity index (χ3n) is 2.88. The predicted molar refractivity (Wildman–Crippen MR) is 83.9 cm³/mol. The maximum absolute atomic E-state index is 11.9. The van der Waals surface area contributed by atoms with Crippen LogP contribution in [0.3, 0.4) is 0 Å². The van der Waals surface area contributed by atoms with Crippen LogP contribution < -0.4 is 15.6 Å². The molecule has 1 amide bonds. The molecule has 22 heavy (non-hydrogen) atoms. The van der Waals surface area contributed by atoms with E-state index >= 15 is 0 Å². The van der Waals surface area contributed by atoms with E-state index in [4.69, 9.17) is 27.9 Å². The summed E-state index contributed by atoms with van der Waals surface area (Å²) < 4.78 is 5.23. The van der Waals surface area contributed by atoms with Gasteiger partial charge in [-0.2, -0.15) is 5.10 Å². The van der Waals surface area contributed by atoms with E-state index in [1.807, 2.05) is 0 Å². The lowest BCUT2D eigenvalue weighted by atomic mass is 10.1. The van der Waals surface area contributed by atoms with Gasteiger partial charge in [-0.05, 0) is 30.2 Å². The second kappa shape index (κ2) is 7.29.